The van der Waals surface area contributed by atoms with Crippen molar-refractivity contribution < 1.29 is 14.3 Å². The zero-order valence-electron chi connectivity index (χ0n) is 10.5. The monoisotopic (exact) mass is 277 g/mol. The number of furan rings is 1. The molecule has 1 atom stereocenters. The molecular weight excluding hydrogens is 266 g/mol. The number of nitrogens with one attached hydrogen (secondary N) is 1. The molecule has 0 aliphatic carbocycles. The van der Waals surface area contributed by atoms with Crippen molar-refractivity contribution in [3.05, 3.63) is 62.6 Å². The number of rotatable bonds is 5. The highest BCUT2D eigenvalue weighted by Crippen LogP contribution is 2.31. The summed E-state index contributed by atoms with van der Waals surface area (Å²) in [6.45, 7) is 1.77. The SMILES string of the molecule is CC(Nc1ccc([N+](=O)[O-])cc1[N+](=O)[O-])c1ccco1. The molecule has 0 fully saturated rings. The Morgan fingerprint density at radius 1 is 1.20 bits per heavy atom. The van der Waals surface area contributed by atoms with Crippen molar-refractivity contribution in [3.8, 4) is 0 Å². The highest BCUT2D eigenvalue weighted by molar-refractivity contribution is 5.65. The van der Waals surface area contributed by atoms with Crippen molar-refractivity contribution in [1.82, 2.24) is 0 Å². The minimum Gasteiger partial charge on any atom is -0.467 e. The lowest BCUT2D eigenvalue weighted by Gasteiger charge is -2.12. The summed E-state index contributed by atoms with van der Waals surface area (Å²) in [7, 11) is 0. The fourth-order valence-corrected chi connectivity index (χ4v) is 1.75. The summed E-state index contributed by atoms with van der Waals surface area (Å²) >= 11 is 0. The largest absolute Gasteiger partial charge is 0.467 e. The maximum Gasteiger partial charge on any atom is 0.299 e. The Balaban J connectivity index is 2.31. The second-order valence-electron chi connectivity index (χ2n) is 4.10. The molecule has 1 unspecified atom stereocenters. The molecule has 104 valence electrons. The summed E-state index contributed by atoms with van der Waals surface area (Å²) in [5, 5.41) is 24.5. The summed E-state index contributed by atoms with van der Waals surface area (Å²) in [5.74, 6) is 0.609. The lowest BCUT2D eigenvalue weighted by Crippen LogP contribution is -2.07. The highest BCUT2D eigenvalue weighted by Gasteiger charge is 2.21. The average Bonchev–Trinajstić information content (AvgIpc) is 2.92. The van der Waals surface area contributed by atoms with Gasteiger partial charge in [0.1, 0.15) is 11.4 Å². The van der Waals surface area contributed by atoms with E-state index in [4.69, 9.17) is 4.42 Å². The van der Waals surface area contributed by atoms with Gasteiger partial charge in [-0.2, -0.15) is 0 Å². The molecule has 2 aromatic rings. The van der Waals surface area contributed by atoms with Crippen molar-refractivity contribution in [3.63, 3.8) is 0 Å². The predicted octanol–water partition coefficient (Wildman–Crippen LogP) is 3.27. The van der Waals surface area contributed by atoms with E-state index in [2.05, 4.69) is 5.32 Å². The van der Waals surface area contributed by atoms with Crippen molar-refractivity contribution in [2.24, 2.45) is 0 Å². The molecule has 0 bridgehead atoms. The quantitative estimate of drug-likeness (QED) is 0.663. The topological polar surface area (TPSA) is 111 Å². The summed E-state index contributed by atoms with van der Waals surface area (Å²) < 4.78 is 5.19. The molecule has 0 amide bonds. The van der Waals surface area contributed by atoms with Gasteiger partial charge in [-0.15, -0.1) is 0 Å². The number of hydrogen-bond donors (Lipinski definition) is 1. The van der Waals surface area contributed by atoms with E-state index >= 15 is 0 Å². The first-order valence-corrected chi connectivity index (χ1v) is 5.72. The Morgan fingerprint density at radius 3 is 2.50 bits per heavy atom. The number of nitrogens with zero attached hydrogens (tertiary/aromatic N) is 2. The molecule has 0 aliphatic heterocycles. The Labute approximate surface area is 113 Å². The van der Waals surface area contributed by atoms with E-state index < -0.39 is 9.85 Å². The number of nitro benzene ring substituents is 2. The minimum absolute atomic E-state index is 0.199. The van der Waals surface area contributed by atoms with Crippen LogP contribution in [-0.2, 0) is 0 Å². The summed E-state index contributed by atoms with van der Waals surface area (Å²) in [5.41, 5.74) is -0.477. The van der Waals surface area contributed by atoms with Crippen LogP contribution in [-0.4, -0.2) is 9.85 Å². The van der Waals surface area contributed by atoms with Gasteiger partial charge in [-0.1, -0.05) is 0 Å². The Bertz CT molecular complexity index is 639. The lowest BCUT2D eigenvalue weighted by molar-refractivity contribution is -0.393. The van der Waals surface area contributed by atoms with Gasteiger partial charge in [0.05, 0.1) is 28.2 Å². The van der Waals surface area contributed by atoms with Crippen LogP contribution in [0.3, 0.4) is 0 Å². The van der Waals surface area contributed by atoms with Crippen molar-refractivity contribution in [2.45, 2.75) is 13.0 Å². The molecule has 0 saturated heterocycles. The van der Waals surface area contributed by atoms with Gasteiger partial charge < -0.3 is 9.73 Å². The van der Waals surface area contributed by atoms with Gasteiger partial charge in [-0.05, 0) is 25.1 Å². The third-order valence-corrected chi connectivity index (χ3v) is 2.73. The van der Waals surface area contributed by atoms with Crippen molar-refractivity contribution >= 4 is 17.1 Å². The normalized spacial score (nSPS) is 11.8. The smallest absolute Gasteiger partial charge is 0.299 e. The molecule has 8 nitrogen and oxygen atoms in total. The fraction of sp³-hybridized carbons (Fsp3) is 0.167. The van der Waals surface area contributed by atoms with Crippen molar-refractivity contribution in [2.75, 3.05) is 5.32 Å². The molecule has 8 heteroatoms. The van der Waals surface area contributed by atoms with Crippen LogP contribution < -0.4 is 5.32 Å². The average molecular weight is 277 g/mol. The highest BCUT2D eigenvalue weighted by atomic mass is 16.6. The number of benzene rings is 1. The van der Waals surface area contributed by atoms with E-state index in [0.717, 1.165) is 6.07 Å². The molecule has 0 saturated carbocycles. The number of nitro groups is 2. The van der Waals surface area contributed by atoms with Crippen LogP contribution >= 0.6 is 0 Å². The molecule has 1 aromatic carbocycles. The van der Waals surface area contributed by atoms with E-state index in [0.29, 0.717) is 5.76 Å². The molecule has 1 heterocycles. The van der Waals surface area contributed by atoms with Crippen LogP contribution in [0.1, 0.15) is 18.7 Å². The number of non-ortho nitro benzene ring substituents is 1. The Kier molecular flexibility index (Phi) is 3.65. The summed E-state index contributed by atoms with van der Waals surface area (Å²) in [4.78, 5) is 20.3. The van der Waals surface area contributed by atoms with Crippen LogP contribution in [0.2, 0.25) is 0 Å². The summed E-state index contributed by atoms with van der Waals surface area (Å²) in [6.07, 6.45) is 1.50. The van der Waals surface area contributed by atoms with E-state index in [9.17, 15) is 20.2 Å². The first kappa shape index (κ1) is 13.5. The Hall–Kier alpha value is -2.90. The zero-order valence-corrected chi connectivity index (χ0v) is 10.5. The van der Waals surface area contributed by atoms with Crippen LogP contribution in [0.5, 0.6) is 0 Å². The van der Waals surface area contributed by atoms with Gasteiger partial charge in [-0.3, -0.25) is 20.2 Å². The molecule has 20 heavy (non-hydrogen) atoms. The maximum atomic E-state index is 11.0. The molecule has 0 aliphatic rings. The van der Waals surface area contributed by atoms with Gasteiger partial charge in [0.25, 0.3) is 11.4 Å². The van der Waals surface area contributed by atoms with Gasteiger partial charge in [-0.25, -0.2) is 0 Å². The first-order chi connectivity index (χ1) is 9.49. The fourth-order valence-electron chi connectivity index (χ4n) is 1.75. The van der Waals surface area contributed by atoms with Gasteiger partial charge in [0.15, 0.2) is 0 Å². The molecule has 1 N–H and O–H groups in total. The first-order valence-electron chi connectivity index (χ1n) is 5.72. The van der Waals surface area contributed by atoms with E-state index in [-0.39, 0.29) is 23.1 Å². The molecular formula is C12H11N3O5. The summed E-state index contributed by atoms with van der Waals surface area (Å²) in [6, 6.07) is 6.59. The van der Waals surface area contributed by atoms with E-state index in [1.807, 2.05) is 0 Å². The standard InChI is InChI=1S/C12H11N3O5/c1-8(12-3-2-6-20-12)13-10-5-4-9(14(16)17)7-11(10)15(18)19/h2-8,13H,1H3. The van der Waals surface area contributed by atoms with E-state index in [1.54, 1.807) is 19.1 Å². The second-order valence-corrected chi connectivity index (χ2v) is 4.10. The third-order valence-electron chi connectivity index (χ3n) is 2.73. The molecule has 0 spiro atoms. The van der Waals surface area contributed by atoms with Crippen LogP contribution in [0, 0.1) is 20.2 Å². The lowest BCUT2D eigenvalue weighted by atomic mass is 10.2. The van der Waals surface area contributed by atoms with Gasteiger partial charge in [0, 0.05) is 6.07 Å². The van der Waals surface area contributed by atoms with Crippen molar-refractivity contribution in [1.29, 1.82) is 0 Å². The predicted molar refractivity (Wildman–Crippen MR) is 70.5 cm³/mol. The van der Waals surface area contributed by atoms with E-state index in [1.165, 1.54) is 18.4 Å². The zero-order chi connectivity index (χ0) is 14.7. The van der Waals surface area contributed by atoms with Crippen LogP contribution in [0.25, 0.3) is 0 Å². The molecule has 1 aromatic heterocycles. The van der Waals surface area contributed by atoms with Gasteiger partial charge in [0.2, 0.25) is 0 Å². The molecule has 0 radical (unpaired) electrons. The number of anilines is 1. The maximum absolute atomic E-state index is 11.0. The molecule has 2 rings (SSSR count). The second kappa shape index (κ2) is 5.39. The minimum atomic E-state index is -0.674. The van der Waals surface area contributed by atoms with Crippen LogP contribution in [0.15, 0.2) is 41.0 Å². The third kappa shape index (κ3) is 2.74. The Morgan fingerprint density at radius 2 is 1.95 bits per heavy atom. The number of hydrogen-bond acceptors (Lipinski definition) is 6. The van der Waals surface area contributed by atoms with Gasteiger partial charge >= 0.3 is 0 Å². The van der Waals surface area contributed by atoms with Crippen LogP contribution in [0.4, 0.5) is 17.1 Å².